The van der Waals surface area contributed by atoms with Crippen LogP contribution in [-0.4, -0.2) is 11.7 Å². The fourth-order valence-electron chi connectivity index (χ4n) is 3.46. The van der Waals surface area contributed by atoms with E-state index in [4.69, 9.17) is 4.74 Å². The highest BCUT2D eigenvalue weighted by Crippen LogP contribution is 2.47. The van der Waals surface area contributed by atoms with Crippen LogP contribution in [0.25, 0.3) is 0 Å². The molecule has 0 saturated heterocycles. The van der Waals surface area contributed by atoms with Gasteiger partial charge in [0, 0.05) is 17.4 Å². The van der Waals surface area contributed by atoms with E-state index in [1.54, 1.807) is 0 Å². The van der Waals surface area contributed by atoms with Gasteiger partial charge in [0.1, 0.15) is 11.5 Å². The van der Waals surface area contributed by atoms with Gasteiger partial charge in [-0.15, -0.1) is 0 Å². The van der Waals surface area contributed by atoms with Gasteiger partial charge >= 0.3 is 0 Å². The van der Waals surface area contributed by atoms with E-state index in [0.29, 0.717) is 17.6 Å². The van der Waals surface area contributed by atoms with Crippen molar-refractivity contribution in [3.8, 4) is 11.5 Å². The topological polar surface area (TPSA) is 29.5 Å². The minimum absolute atomic E-state index is 0.346. The van der Waals surface area contributed by atoms with Gasteiger partial charge in [0.15, 0.2) is 0 Å². The molecule has 20 heavy (non-hydrogen) atoms. The van der Waals surface area contributed by atoms with E-state index in [9.17, 15) is 5.11 Å². The summed E-state index contributed by atoms with van der Waals surface area (Å²) in [6.45, 7) is 2.99. The number of ether oxygens (including phenoxy) is 1. The lowest BCUT2D eigenvalue weighted by molar-refractivity contribution is 0.193. The van der Waals surface area contributed by atoms with Gasteiger partial charge in [-0.05, 0) is 37.3 Å². The van der Waals surface area contributed by atoms with Crippen LogP contribution in [0.1, 0.15) is 56.1 Å². The average molecular weight is 272 g/mol. The van der Waals surface area contributed by atoms with Gasteiger partial charge in [-0.3, -0.25) is 0 Å². The predicted molar refractivity (Wildman–Crippen MR) is 81.4 cm³/mol. The molecule has 2 heteroatoms. The molecule has 1 aliphatic carbocycles. The lowest BCUT2D eigenvalue weighted by Crippen LogP contribution is -2.26. The summed E-state index contributed by atoms with van der Waals surface area (Å²) in [4.78, 5) is 0. The first-order chi connectivity index (χ1) is 9.81. The van der Waals surface area contributed by atoms with E-state index >= 15 is 0 Å². The van der Waals surface area contributed by atoms with Gasteiger partial charge < -0.3 is 9.84 Å². The fourth-order valence-corrected chi connectivity index (χ4v) is 3.46. The third kappa shape index (κ3) is 2.44. The number of hydrogen-bond acceptors (Lipinski definition) is 2. The van der Waals surface area contributed by atoms with E-state index in [0.717, 1.165) is 42.7 Å². The molecule has 0 radical (unpaired) electrons. The molecule has 1 heterocycles. The maximum Gasteiger partial charge on any atom is 0.126 e. The van der Waals surface area contributed by atoms with Crippen molar-refractivity contribution in [2.24, 2.45) is 5.92 Å². The standard InChI is InChI=1S/C18H24O2/c1-2-3-4-7-13-10-11-16-17(18(13)19)15-9-6-5-8-14(15)12-20-16/h6,9-11,14-15,19H,2-5,7-8,12H2,1H3. The van der Waals surface area contributed by atoms with Gasteiger partial charge in [0.25, 0.3) is 0 Å². The van der Waals surface area contributed by atoms with Crippen molar-refractivity contribution in [2.75, 3.05) is 6.61 Å². The molecule has 108 valence electrons. The zero-order valence-corrected chi connectivity index (χ0v) is 12.3. The number of benzene rings is 1. The molecule has 2 nitrogen and oxygen atoms in total. The quantitative estimate of drug-likeness (QED) is 0.643. The summed E-state index contributed by atoms with van der Waals surface area (Å²) < 4.78 is 5.86. The first-order valence-corrected chi connectivity index (χ1v) is 7.95. The van der Waals surface area contributed by atoms with Crippen LogP contribution in [0.4, 0.5) is 0 Å². The summed E-state index contributed by atoms with van der Waals surface area (Å²) in [5.74, 6) is 2.25. The van der Waals surface area contributed by atoms with Crippen LogP contribution in [0.2, 0.25) is 0 Å². The highest BCUT2D eigenvalue weighted by atomic mass is 16.5. The van der Waals surface area contributed by atoms with E-state index < -0.39 is 0 Å². The van der Waals surface area contributed by atoms with E-state index in [1.165, 1.54) is 19.3 Å². The largest absolute Gasteiger partial charge is 0.507 e. The number of hydrogen-bond donors (Lipinski definition) is 1. The van der Waals surface area contributed by atoms with Crippen molar-refractivity contribution in [1.29, 1.82) is 0 Å². The Bertz CT molecular complexity index is 504. The average Bonchev–Trinajstić information content (AvgIpc) is 2.49. The Hall–Kier alpha value is -1.44. The number of unbranched alkanes of at least 4 members (excludes halogenated alkanes) is 2. The molecule has 0 amide bonds. The van der Waals surface area contributed by atoms with Crippen molar-refractivity contribution < 1.29 is 9.84 Å². The number of aromatic hydroxyl groups is 1. The summed E-state index contributed by atoms with van der Waals surface area (Å²) in [5, 5.41) is 10.7. The molecule has 1 aromatic carbocycles. The molecule has 0 saturated carbocycles. The van der Waals surface area contributed by atoms with Crippen LogP contribution in [0.3, 0.4) is 0 Å². The van der Waals surface area contributed by atoms with Crippen molar-refractivity contribution in [2.45, 2.75) is 51.4 Å². The van der Waals surface area contributed by atoms with Crippen LogP contribution in [-0.2, 0) is 6.42 Å². The first-order valence-electron chi connectivity index (χ1n) is 7.95. The Labute approximate surface area is 121 Å². The van der Waals surface area contributed by atoms with Crippen molar-refractivity contribution >= 4 is 0 Å². The Balaban J connectivity index is 1.91. The van der Waals surface area contributed by atoms with Gasteiger partial charge in [0.2, 0.25) is 0 Å². The molecule has 1 aromatic rings. The molecule has 1 aliphatic heterocycles. The molecular weight excluding hydrogens is 248 g/mol. The molecule has 0 spiro atoms. The zero-order chi connectivity index (χ0) is 13.9. The highest BCUT2D eigenvalue weighted by molar-refractivity contribution is 5.54. The van der Waals surface area contributed by atoms with Crippen LogP contribution in [0.5, 0.6) is 11.5 Å². The second-order valence-corrected chi connectivity index (χ2v) is 6.04. The minimum Gasteiger partial charge on any atom is -0.507 e. The maximum atomic E-state index is 10.7. The summed E-state index contributed by atoms with van der Waals surface area (Å²) >= 11 is 0. The molecule has 2 aliphatic rings. The molecule has 0 bridgehead atoms. The second-order valence-electron chi connectivity index (χ2n) is 6.04. The second kappa shape index (κ2) is 5.90. The fraction of sp³-hybridized carbons (Fsp3) is 0.556. The Morgan fingerprint density at radius 2 is 2.20 bits per heavy atom. The highest BCUT2D eigenvalue weighted by Gasteiger charge is 2.33. The summed E-state index contributed by atoms with van der Waals surface area (Å²) in [7, 11) is 0. The van der Waals surface area contributed by atoms with E-state index in [1.807, 2.05) is 6.07 Å². The summed E-state index contributed by atoms with van der Waals surface area (Å²) in [6, 6.07) is 4.09. The van der Waals surface area contributed by atoms with Gasteiger partial charge in [-0.25, -0.2) is 0 Å². The summed E-state index contributed by atoms with van der Waals surface area (Å²) in [6.07, 6.45) is 11.4. The smallest absolute Gasteiger partial charge is 0.126 e. The SMILES string of the molecule is CCCCCc1ccc2c(c1O)C1C=CCCC1CO2. The molecule has 3 rings (SSSR count). The Morgan fingerprint density at radius 3 is 3.05 bits per heavy atom. The third-order valence-electron chi connectivity index (χ3n) is 4.65. The predicted octanol–water partition coefficient (Wildman–Crippen LogP) is 4.57. The van der Waals surface area contributed by atoms with Gasteiger partial charge in [0.05, 0.1) is 6.61 Å². The van der Waals surface area contributed by atoms with Crippen LogP contribution in [0, 0.1) is 5.92 Å². The Morgan fingerprint density at radius 1 is 1.30 bits per heavy atom. The van der Waals surface area contributed by atoms with Crippen LogP contribution in [0.15, 0.2) is 24.3 Å². The molecule has 0 fully saturated rings. The van der Waals surface area contributed by atoms with Crippen molar-refractivity contribution in [3.05, 3.63) is 35.4 Å². The molecular formula is C18H24O2. The van der Waals surface area contributed by atoms with E-state index in [2.05, 4.69) is 25.1 Å². The monoisotopic (exact) mass is 272 g/mol. The molecule has 0 aromatic heterocycles. The van der Waals surface area contributed by atoms with Crippen LogP contribution >= 0.6 is 0 Å². The number of phenols is 1. The van der Waals surface area contributed by atoms with E-state index in [-0.39, 0.29) is 0 Å². The molecule has 1 N–H and O–H groups in total. The Kier molecular flexibility index (Phi) is 4.00. The van der Waals surface area contributed by atoms with Gasteiger partial charge in [-0.1, -0.05) is 38.0 Å². The lowest BCUT2D eigenvalue weighted by atomic mass is 9.77. The number of allylic oxidation sites excluding steroid dienone is 2. The molecule has 2 atom stereocenters. The zero-order valence-electron chi connectivity index (χ0n) is 12.3. The summed E-state index contributed by atoms with van der Waals surface area (Å²) in [5.41, 5.74) is 2.12. The number of aryl methyl sites for hydroxylation is 1. The van der Waals surface area contributed by atoms with Gasteiger partial charge in [-0.2, -0.15) is 0 Å². The maximum absolute atomic E-state index is 10.7. The molecule has 2 unspecified atom stereocenters. The van der Waals surface area contributed by atoms with Crippen LogP contribution < -0.4 is 4.74 Å². The number of rotatable bonds is 4. The number of phenolic OH excluding ortho intramolecular Hbond substituents is 1. The first kappa shape index (κ1) is 13.5. The lowest BCUT2D eigenvalue weighted by Gasteiger charge is -2.34. The third-order valence-corrected chi connectivity index (χ3v) is 4.65. The minimum atomic E-state index is 0.346. The normalized spacial score (nSPS) is 23.9. The van der Waals surface area contributed by atoms with Crippen molar-refractivity contribution in [3.63, 3.8) is 0 Å². The van der Waals surface area contributed by atoms with Crippen molar-refractivity contribution in [1.82, 2.24) is 0 Å². The number of fused-ring (bicyclic) bond motifs is 3.